The molecule has 0 radical (unpaired) electrons. The Hall–Kier alpha value is -10.2. The van der Waals surface area contributed by atoms with Crippen molar-refractivity contribution in [3.63, 3.8) is 0 Å². The number of hydrogen-bond acceptors (Lipinski definition) is 36. The highest BCUT2D eigenvalue weighted by Crippen LogP contribution is 2.57. The predicted octanol–water partition coefficient (Wildman–Crippen LogP) is 1.70. The van der Waals surface area contributed by atoms with Gasteiger partial charge in [-0.05, 0) is 52.4 Å². The summed E-state index contributed by atoms with van der Waals surface area (Å²) in [6.07, 6.45) is -14.6. The van der Waals surface area contributed by atoms with Crippen molar-refractivity contribution in [3.8, 4) is 51.7 Å². The highest BCUT2D eigenvalue weighted by atomic mass is 16.7. The number of methoxy groups -OCH3 is 3. The first-order chi connectivity index (χ1) is 57.3. The molecule has 9 aliphatic rings. The average Bonchev–Trinajstić information content (AvgIpc) is 0.718. The molecule has 0 amide bonds. The molecule has 0 bridgehead atoms. The van der Waals surface area contributed by atoms with Gasteiger partial charge in [0.15, 0.2) is 53.6 Å². The molecule has 3 saturated heterocycles. The number of carbonyl (C=O) groups excluding carboxylic acids is 9. The molecule has 3 aliphatic heterocycles. The summed E-state index contributed by atoms with van der Waals surface area (Å²) in [6, 6.07) is 11.3. The first kappa shape index (κ1) is 88.6. The van der Waals surface area contributed by atoms with Crippen molar-refractivity contribution in [1.29, 1.82) is 0 Å². The lowest BCUT2D eigenvalue weighted by atomic mass is 9.72. The Bertz CT molecular complexity index is 5220. The van der Waals surface area contributed by atoms with Crippen molar-refractivity contribution in [1.82, 2.24) is 5.32 Å². The molecule has 3 fully saturated rings. The number of benzene rings is 6. The van der Waals surface area contributed by atoms with Crippen LogP contribution in [0.3, 0.4) is 0 Å². The minimum atomic E-state index is -2.24. The lowest BCUT2D eigenvalue weighted by molar-refractivity contribution is -0.249. The molecule has 15 rings (SSSR count). The summed E-state index contributed by atoms with van der Waals surface area (Å²) < 4.78 is 56.7. The standard InChI is InChI=1S/2C29H33NO11.C27H29NO11/c1-4-39-11-18(31)29(37)9-14-21(17(10-29)41-19-8-15(30)24(32)12(2)40-19)28(36)23-22(26(14)34)25(33)13-6-5-7-16(38-3)20(13)27(23)35;1-4-30-15-8-19(40-12(2)24(15)33)41-17-10-29(38,18(32)11-31)9-14-21(17)28(37)23-22(26(14)35)25(34)13-6-5-7-16(39-3)20(13)27(23)36;1-10-22(31)13(28)6-17(38-10)39-15-8-27(36,16(30)9-29)7-12-19(15)26(35)21-20(24(12)33)23(32)11-4-3-5-14(37-2)18(11)25(21)34/h5-7,12,15,17,19,24,32,34,36-37H,4,8-11,30H2,1-3H3;5-7,12,15,17,19,24,30-31,33,35,37-38H,4,8-11H2,1-3H3;3-5,10,13,15,17,22,29,31,33,35-36H,6-9,28H2,1-2H3/t2*12?,15?,17-,19?,24?,29-;10?,13?,15-,17?,22?,27-/m000/s1. The minimum absolute atomic E-state index is 0.0173. The first-order valence-corrected chi connectivity index (χ1v) is 39.2. The molecular formula is C85H95N3O33. The number of nitrogens with one attached hydrogen (secondary N) is 1. The number of ketones is 9. The minimum Gasteiger partial charge on any atom is -0.507 e. The zero-order chi connectivity index (χ0) is 88.0. The van der Waals surface area contributed by atoms with Gasteiger partial charge in [0.25, 0.3) is 0 Å². The number of aliphatic hydroxyl groups excluding tert-OH is 5. The highest BCUT2D eigenvalue weighted by Gasteiger charge is 2.55. The van der Waals surface area contributed by atoms with E-state index in [0.29, 0.717) is 6.54 Å². The van der Waals surface area contributed by atoms with Crippen molar-refractivity contribution in [2.24, 2.45) is 11.5 Å². The van der Waals surface area contributed by atoms with E-state index >= 15 is 0 Å². The van der Waals surface area contributed by atoms with E-state index < -0.39 is 281 Å². The van der Waals surface area contributed by atoms with Crippen molar-refractivity contribution in [2.45, 2.75) is 201 Å². The Kier molecular flexibility index (Phi) is 25.1. The number of ether oxygens (including phenoxy) is 10. The quantitative estimate of drug-likeness (QED) is 0.0512. The van der Waals surface area contributed by atoms with Crippen LogP contribution in [0.4, 0.5) is 0 Å². The average molecular weight is 1690 g/mol. The maximum atomic E-state index is 13.7. The van der Waals surface area contributed by atoms with Crippen LogP contribution in [0.15, 0.2) is 54.6 Å². The van der Waals surface area contributed by atoms with Gasteiger partial charge in [0.2, 0.25) is 17.3 Å². The molecule has 36 nitrogen and oxygen atoms in total. The summed E-state index contributed by atoms with van der Waals surface area (Å²) in [7, 11) is 3.99. The largest absolute Gasteiger partial charge is 0.507 e. The number of phenolic OH excluding ortho intramolecular Hbond substituents is 6. The van der Waals surface area contributed by atoms with Crippen LogP contribution >= 0.6 is 0 Å². The Morgan fingerprint density at radius 1 is 0.438 bits per heavy atom. The van der Waals surface area contributed by atoms with Crippen LogP contribution in [0.1, 0.15) is 220 Å². The van der Waals surface area contributed by atoms with Crippen LogP contribution in [-0.2, 0) is 66.8 Å². The van der Waals surface area contributed by atoms with Gasteiger partial charge < -0.3 is 136 Å². The van der Waals surface area contributed by atoms with Crippen molar-refractivity contribution in [2.75, 3.05) is 54.3 Å². The Balaban J connectivity index is 0.000000157. The van der Waals surface area contributed by atoms with Crippen molar-refractivity contribution >= 4 is 52.0 Å². The molecule has 19 N–H and O–H groups in total. The van der Waals surface area contributed by atoms with Crippen LogP contribution in [0, 0.1) is 0 Å². The van der Waals surface area contributed by atoms with E-state index in [0.717, 1.165) is 0 Å². The predicted molar refractivity (Wildman–Crippen MR) is 414 cm³/mol. The molecule has 36 heteroatoms. The number of hydrogen-bond donors (Lipinski definition) is 17. The number of Topliss-reactive ketones (excluding diaryl/α,β-unsaturated/α-hetero) is 3. The van der Waals surface area contributed by atoms with E-state index in [1.807, 2.05) is 6.92 Å². The van der Waals surface area contributed by atoms with Gasteiger partial charge in [-0.25, -0.2) is 0 Å². The monoisotopic (exact) mass is 1690 g/mol. The van der Waals surface area contributed by atoms with Gasteiger partial charge in [0.05, 0.1) is 126 Å². The second-order valence-corrected chi connectivity index (χ2v) is 31.5. The summed E-state index contributed by atoms with van der Waals surface area (Å²) >= 11 is 0. The van der Waals surface area contributed by atoms with Crippen LogP contribution in [0.5, 0.6) is 51.7 Å². The molecule has 6 aliphatic carbocycles. The maximum Gasteiger partial charge on any atom is 0.202 e. The summed E-state index contributed by atoms with van der Waals surface area (Å²) in [4.78, 5) is 120. The molecule has 0 aromatic heterocycles. The van der Waals surface area contributed by atoms with Gasteiger partial charge in [0, 0.05) is 133 Å². The second kappa shape index (κ2) is 34.3. The highest BCUT2D eigenvalue weighted by molar-refractivity contribution is 6.33. The van der Waals surface area contributed by atoms with Gasteiger partial charge in [0.1, 0.15) is 88.4 Å². The van der Waals surface area contributed by atoms with Crippen molar-refractivity contribution < 1.29 is 162 Å². The number of aromatic hydroxyl groups is 6. The third kappa shape index (κ3) is 15.3. The van der Waals surface area contributed by atoms with Crippen LogP contribution < -0.4 is 31.0 Å². The Morgan fingerprint density at radius 2 is 0.736 bits per heavy atom. The molecule has 6 aromatic carbocycles. The summed E-state index contributed by atoms with van der Waals surface area (Å²) in [5, 5.41) is 156. The fourth-order valence-corrected chi connectivity index (χ4v) is 17.9. The molecule has 12 unspecified atom stereocenters. The summed E-state index contributed by atoms with van der Waals surface area (Å²) in [5.41, 5.74) is 1.64. The molecule has 0 saturated carbocycles. The Labute approximate surface area is 689 Å². The zero-order valence-electron chi connectivity index (χ0n) is 66.9. The number of fused-ring (bicyclic) bond motifs is 9. The van der Waals surface area contributed by atoms with Crippen LogP contribution in [0.25, 0.3) is 0 Å². The van der Waals surface area contributed by atoms with E-state index in [-0.39, 0.29) is 116 Å². The number of likely N-dealkylation sites (N-methyl/N-ethyl adjacent to an activating group) is 1. The maximum absolute atomic E-state index is 13.7. The topological polar surface area (TPSA) is 593 Å². The number of phenols is 6. The fourth-order valence-electron chi connectivity index (χ4n) is 17.9. The van der Waals surface area contributed by atoms with Gasteiger partial charge in [-0.2, -0.15) is 0 Å². The normalized spacial score (nSPS) is 29.3. The number of carbonyl (C=O) groups is 9. The molecular weight excluding hydrogens is 1590 g/mol. The summed E-state index contributed by atoms with van der Waals surface area (Å²) in [5.74, 6) is -10.8. The van der Waals surface area contributed by atoms with Crippen LogP contribution in [-0.4, -0.2) is 268 Å². The first-order valence-electron chi connectivity index (χ1n) is 39.2. The van der Waals surface area contributed by atoms with E-state index in [1.54, 1.807) is 27.7 Å². The van der Waals surface area contributed by atoms with E-state index in [2.05, 4.69) is 5.32 Å². The third-order valence-electron chi connectivity index (χ3n) is 24.1. The second-order valence-electron chi connectivity index (χ2n) is 31.5. The third-order valence-corrected chi connectivity index (χ3v) is 24.1. The van der Waals surface area contributed by atoms with Crippen LogP contribution in [0.2, 0.25) is 0 Å². The smallest absolute Gasteiger partial charge is 0.202 e. The number of rotatable bonds is 19. The molecule has 3 heterocycles. The van der Waals surface area contributed by atoms with Gasteiger partial charge >= 0.3 is 0 Å². The van der Waals surface area contributed by atoms with E-state index in [9.17, 15) is 115 Å². The fraction of sp³-hybridized carbons (Fsp3) is 0.471. The summed E-state index contributed by atoms with van der Waals surface area (Å²) in [6.45, 7) is 6.71. The number of nitrogens with two attached hydrogens (primary N) is 2. The molecule has 121 heavy (non-hydrogen) atoms. The lowest BCUT2D eigenvalue weighted by Crippen LogP contribution is -2.54. The molecule has 18 atom stereocenters. The SMILES string of the molecule is CCNC1CC(O[C@H]2C[C@](O)(C(=O)CO)Cc3c(O)c4c(c(O)c32)C(=O)c2c(OC)cccc2C4=O)OC(C)C1O.CCOCC(=O)[C@]1(O)Cc2c(O)c3c(c(O)c2[C@@H](OC2CC(N)C(O)C(C)O2)C1)C(=O)c1c(OC)cccc1C3=O.COc1cccc2c1C(=O)c1c(O)c3c(c(O)c1C2=O)C[C@@](O)(C(=O)CO)C[C@@H]3OC1CC(N)C(O)C(C)O1. The van der Waals surface area contributed by atoms with Gasteiger partial charge in [-0.1, -0.05) is 43.3 Å². The lowest BCUT2D eigenvalue weighted by Gasteiger charge is -2.43. The number of aliphatic hydroxyl groups is 8. The molecule has 6 aromatic rings. The molecule has 0 spiro atoms. The van der Waals surface area contributed by atoms with Crippen molar-refractivity contribution in [3.05, 3.63) is 155 Å². The Morgan fingerprint density at radius 3 is 1.02 bits per heavy atom. The van der Waals surface area contributed by atoms with Gasteiger partial charge in [-0.15, -0.1) is 0 Å². The van der Waals surface area contributed by atoms with E-state index in [4.69, 9.17) is 58.8 Å². The van der Waals surface area contributed by atoms with Gasteiger partial charge in [-0.3, -0.25) is 43.2 Å². The molecule has 648 valence electrons. The zero-order valence-corrected chi connectivity index (χ0v) is 66.9. The van der Waals surface area contributed by atoms with E-state index in [1.165, 1.54) is 75.9 Å².